The highest BCUT2D eigenvalue weighted by molar-refractivity contribution is 7.08. The topological polar surface area (TPSA) is 115 Å². The molecule has 2 aliphatic rings. The van der Waals surface area contributed by atoms with Gasteiger partial charge >= 0.3 is 0 Å². The van der Waals surface area contributed by atoms with Gasteiger partial charge in [-0.25, -0.2) is 0 Å². The third-order valence-electron chi connectivity index (χ3n) is 7.46. The fraction of sp³-hybridized carbons (Fsp3) is 0.333. The summed E-state index contributed by atoms with van der Waals surface area (Å²) in [6, 6.07) is 14.4. The Morgan fingerprint density at radius 3 is 2.46 bits per heavy atom. The maximum atomic E-state index is 13.4. The minimum absolute atomic E-state index is 0.0697. The Hall–Kier alpha value is -3.82. The summed E-state index contributed by atoms with van der Waals surface area (Å²) in [5.41, 5.74) is 9.91. The average molecular weight is 546 g/mol. The lowest BCUT2D eigenvalue weighted by Gasteiger charge is -2.32. The normalized spacial score (nSPS) is 17.1. The molecular formula is C30H35N5O3S. The van der Waals surface area contributed by atoms with Crippen molar-refractivity contribution in [2.45, 2.75) is 37.8 Å². The number of rotatable bonds is 9. The third kappa shape index (κ3) is 6.26. The number of hydrogen-bond acceptors (Lipinski definition) is 8. The number of nitrogens with zero attached hydrogens (tertiary/aromatic N) is 2. The number of nitrogens with one attached hydrogen (secondary N) is 2. The van der Waals surface area contributed by atoms with Crippen LogP contribution in [0.2, 0.25) is 0 Å². The second-order valence-electron chi connectivity index (χ2n) is 10.1. The molecule has 8 nitrogen and oxygen atoms in total. The Morgan fingerprint density at radius 1 is 1.10 bits per heavy atom. The number of carbonyl (C=O) groups is 1. The van der Waals surface area contributed by atoms with Crippen LogP contribution in [0, 0.1) is 5.41 Å². The molecule has 0 bridgehead atoms. The first-order chi connectivity index (χ1) is 18.9. The second kappa shape index (κ2) is 11.9. The van der Waals surface area contributed by atoms with Crippen molar-refractivity contribution >= 4 is 34.3 Å². The van der Waals surface area contributed by atoms with Crippen LogP contribution in [0.15, 0.2) is 71.8 Å². The van der Waals surface area contributed by atoms with E-state index in [-0.39, 0.29) is 29.6 Å². The van der Waals surface area contributed by atoms with Crippen LogP contribution >= 0.6 is 11.3 Å². The molecule has 1 unspecified atom stereocenters. The largest absolute Gasteiger partial charge is 0.495 e. The summed E-state index contributed by atoms with van der Waals surface area (Å²) in [6.07, 6.45) is 3.87. The van der Waals surface area contributed by atoms with Gasteiger partial charge in [0.15, 0.2) is 5.88 Å². The van der Waals surface area contributed by atoms with Gasteiger partial charge < -0.3 is 25.8 Å². The molecule has 3 heterocycles. The predicted octanol–water partition coefficient (Wildman–Crippen LogP) is 5.39. The Bertz CT molecular complexity index is 1310. The lowest BCUT2D eigenvalue weighted by molar-refractivity contribution is -0.121. The van der Waals surface area contributed by atoms with Crippen LogP contribution in [0.5, 0.6) is 5.75 Å². The van der Waals surface area contributed by atoms with Gasteiger partial charge in [-0.2, -0.15) is 11.3 Å². The molecule has 5 N–H and O–H groups in total. The van der Waals surface area contributed by atoms with Gasteiger partial charge in [0.05, 0.1) is 5.71 Å². The number of benzene rings is 2. The first-order valence-electron chi connectivity index (χ1n) is 13.3. The molecule has 204 valence electrons. The Morgan fingerprint density at radius 2 is 1.82 bits per heavy atom. The Balaban J connectivity index is 1.25. The van der Waals surface area contributed by atoms with Gasteiger partial charge in [-0.15, -0.1) is 0 Å². The van der Waals surface area contributed by atoms with E-state index in [0.717, 1.165) is 50.1 Å². The summed E-state index contributed by atoms with van der Waals surface area (Å²) >= 11 is 1.59. The van der Waals surface area contributed by atoms with Crippen LogP contribution in [0.4, 0.5) is 11.4 Å². The molecule has 2 fully saturated rings. The SMILES string of the molecule is C=C(O)N1CCC(Oc2ccc(C(=N)c3cc(NC(=O)C(c4ccsc4)N4CCCC4)ccc3N)cc2)CC1. The van der Waals surface area contributed by atoms with E-state index < -0.39 is 0 Å². The molecule has 5 rings (SSSR count). The van der Waals surface area contributed by atoms with Gasteiger partial charge in [0.25, 0.3) is 0 Å². The summed E-state index contributed by atoms with van der Waals surface area (Å²) < 4.78 is 6.12. The zero-order valence-corrected chi connectivity index (χ0v) is 22.8. The van der Waals surface area contributed by atoms with E-state index >= 15 is 0 Å². The summed E-state index contributed by atoms with van der Waals surface area (Å²) in [5.74, 6) is 0.768. The molecule has 9 heteroatoms. The standard InChI is InChI=1S/C30H35N5O3S/c1-20(36)34-15-10-25(11-16-34)38-24-7-4-21(5-8-24)28(32)26-18-23(6-9-27(26)31)33-30(37)29(22-12-17-39-19-22)35-13-2-3-14-35/h4-9,12,17-19,25,29,32,36H,1-3,10-11,13-16,31H2,(H,33,37). The van der Waals surface area contributed by atoms with Crippen LogP contribution in [0.1, 0.15) is 48.4 Å². The van der Waals surface area contributed by atoms with Crippen LogP contribution in [0.25, 0.3) is 0 Å². The number of hydrogen-bond donors (Lipinski definition) is 4. The number of carbonyl (C=O) groups excluding carboxylic acids is 1. The molecule has 0 spiro atoms. The van der Waals surface area contributed by atoms with Gasteiger partial charge in [-0.05, 0) is 97.4 Å². The zero-order valence-electron chi connectivity index (χ0n) is 21.9. The van der Waals surface area contributed by atoms with E-state index in [4.69, 9.17) is 15.9 Å². The molecule has 39 heavy (non-hydrogen) atoms. The van der Waals surface area contributed by atoms with Gasteiger partial charge in [-0.1, -0.05) is 0 Å². The minimum Gasteiger partial charge on any atom is -0.495 e. The number of nitrogen functional groups attached to an aromatic ring is 1. The van der Waals surface area contributed by atoms with Crippen LogP contribution in [-0.4, -0.2) is 58.8 Å². The second-order valence-corrected chi connectivity index (χ2v) is 10.9. The van der Waals surface area contributed by atoms with Gasteiger partial charge in [-0.3, -0.25) is 15.1 Å². The van der Waals surface area contributed by atoms with E-state index in [1.807, 2.05) is 46.0 Å². The Kier molecular flexibility index (Phi) is 8.18. The smallest absolute Gasteiger partial charge is 0.246 e. The van der Waals surface area contributed by atoms with E-state index in [1.54, 1.807) is 29.5 Å². The fourth-order valence-corrected chi connectivity index (χ4v) is 5.98. The summed E-state index contributed by atoms with van der Waals surface area (Å²) in [5, 5.41) is 25.5. The highest BCUT2D eigenvalue weighted by Gasteiger charge is 2.30. The van der Waals surface area contributed by atoms with Crippen molar-refractivity contribution < 1.29 is 14.6 Å². The maximum Gasteiger partial charge on any atom is 0.246 e. The number of anilines is 2. The number of aliphatic hydroxyl groups excluding tert-OH is 1. The van der Waals surface area contributed by atoms with E-state index in [0.29, 0.717) is 35.6 Å². The van der Waals surface area contributed by atoms with Crippen LogP contribution in [0.3, 0.4) is 0 Å². The fourth-order valence-electron chi connectivity index (χ4n) is 5.30. The maximum absolute atomic E-state index is 13.4. The first kappa shape index (κ1) is 26.8. The number of ether oxygens (including phenoxy) is 1. The molecular weight excluding hydrogens is 510 g/mol. The van der Waals surface area contributed by atoms with Crippen molar-refractivity contribution in [3.63, 3.8) is 0 Å². The van der Waals surface area contributed by atoms with Crippen molar-refractivity contribution in [1.82, 2.24) is 9.80 Å². The number of piperidine rings is 1. The first-order valence-corrected chi connectivity index (χ1v) is 14.3. The summed E-state index contributed by atoms with van der Waals surface area (Å²) in [6.45, 7) is 6.82. The number of likely N-dealkylation sites (tertiary alicyclic amines) is 2. The van der Waals surface area contributed by atoms with Gasteiger partial charge in [0.2, 0.25) is 5.91 Å². The van der Waals surface area contributed by atoms with Crippen molar-refractivity contribution in [3.05, 3.63) is 88.4 Å². The van der Waals surface area contributed by atoms with Crippen molar-refractivity contribution in [2.24, 2.45) is 0 Å². The number of nitrogens with two attached hydrogens (primary N) is 1. The molecule has 1 aromatic heterocycles. The molecule has 0 saturated carbocycles. The molecule has 1 atom stereocenters. The van der Waals surface area contributed by atoms with Gasteiger partial charge in [0.1, 0.15) is 17.9 Å². The molecule has 2 aromatic carbocycles. The van der Waals surface area contributed by atoms with Crippen molar-refractivity contribution in [1.29, 1.82) is 5.41 Å². The molecule has 0 aliphatic carbocycles. The molecule has 0 radical (unpaired) electrons. The van der Waals surface area contributed by atoms with E-state index in [9.17, 15) is 9.90 Å². The lowest BCUT2D eigenvalue weighted by atomic mass is 10.00. The number of aliphatic hydroxyl groups is 1. The quantitative estimate of drug-likeness (QED) is 0.163. The zero-order chi connectivity index (χ0) is 27.4. The lowest BCUT2D eigenvalue weighted by Crippen LogP contribution is -2.37. The summed E-state index contributed by atoms with van der Waals surface area (Å²) in [4.78, 5) is 17.5. The highest BCUT2D eigenvalue weighted by Crippen LogP contribution is 2.29. The van der Waals surface area contributed by atoms with E-state index in [1.165, 1.54) is 0 Å². The monoisotopic (exact) mass is 545 g/mol. The van der Waals surface area contributed by atoms with Crippen LogP contribution < -0.4 is 15.8 Å². The summed E-state index contributed by atoms with van der Waals surface area (Å²) in [7, 11) is 0. The van der Waals surface area contributed by atoms with E-state index in [2.05, 4.69) is 16.8 Å². The third-order valence-corrected chi connectivity index (χ3v) is 8.16. The number of thiophene rings is 1. The average Bonchev–Trinajstić information content (AvgIpc) is 3.66. The number of amides is 1. The highest BCUT2D eigenvalue weighted by atomic mass is 32.1. The predicted molar refractivity (Wildman–Crippen MR) is 157 cm³/mol. The van der Waals surface area contributed by atoms with Gasteiger partial charge in [0, 0.05) is 48.4 Å². The molecule has 2 saturated heterocycles. The molecule has 1 amide bonds. The molecule has 2 aliphatic heterocycles. The minimum atomic E-state index is -0.332. The Labute approximate surface area is 233 Å². The van der Waals surface area contributed by atoms with Crippen molar-refractivity contribution in [2.75, 3.05) is 37.2 Å². The van der Waals surface area contributed by atoms with Crippen LogP contribution in [-0.2, 0) is 4.79 Å². The molecule has 3 aromatic rings. The van der Waals surface area contributed by atoms with Crippen molar-refractivity contribution in [3.8, 4) is 5.75 Å².